The lowest BCUT2D eigenvalue weighted by Crippen LogP contribution is -2.13. The Morgan fingerprint density at radius 1 is 1.33 bits per heavy atom. The van der Waals surface area contributed by atoms with E-state index in [9.17, 15) is 4.79 Å². The van der Waals surface area contributed by atoms with Crippen molar-refractivity contribution in [2.45, 2.75) is 33.7 Å². The Balaban J connectivity index is 2.64. The minimum Gasteiger partial charge on any atom is -0.461 e. The largest absolute Gasteiger partial charge is 0.461 e. The van der Waals surface area contributed by atoms with Crippen molar-refractivity contribution in [3.8, 4) is 0 Å². The van der Waals surface area contributed by atoms with Gasteiger partial charge in [0, 0.05) is 16.9 Å². The minimum atomic E-state index is -0.250. The molecule has 3 heteroatoms. The van der Waals surface area contributed by atoms with Gasteiger partial charge in [-0.15, -0.1) is 0 Å². The molecule has 1 heterocycles. The number of ether oxygens (including phenoxy) is 1. The smallest absolute Gasteiger partial charge is 0.354 e. The molecule has 0 fully saturated rings. The van der Waals surface area contributed by atoms with Gasteiger partial charge < -0.3 is 9.30 Å². The van der Waals surface area contributed by atoms with E-state index < -0.39 is 0 Å². The number of hydrogen-bond acceptors (Lipinski definition) is 2. The molecule has 0 N–H and O–H groups in total. The molecule has 0 spiro atoms. The fraction of sp³-hybridized carbons (Fsp3) is 0.400. The van der Waals surface area contributed by atoms with Crippen molar-refractivity contribution < 1.29 is 9.53 Å². The third kappa shape index (κ3) is 2.13. The van der Waals surface area contributed by atoms with Gasteiger partial charge in [0.25, 0.3) is 0 Å². The van der Waals surface area contributed by atoms with Gasteiger partial charge in [-0.3, -0.25) is 0 Å². The molecule has 96 valence electrons. The summed E-state index contributed by atoms with van der Waals surface area (Å²) in [5.74, 6) is -0.250. The molecule has 0 saturated heterocycles. The molecule has 3 nitrogen and oxygen atoms in total. The quantitative estimate of drug-likeness (QED) is 0.772. The van der Waals surface area contributed by atoms with Gasteiger partial charge in [0.1, 0.15) is 5.69 Å². The van der Waals surface area contributed by atoms with Gasteiger partial charge in [-0.25, -0.2) is 4.79 Å². The summed E-state index contributed by atoms with van der Waals surface area (Å²) in [4.78, 5) is 12.0. The SMILES string of the molecule is CCOC(=O)c1cc2cc(C)ccc2n1C(C)C. The van der Waals surface area contributed by atoms with Crippen LogP contribution in [0.2, 0.25) is 0 Å². The zero-order chi connectivity index (χ0) is 13.3. The summed E-state index contributed by atoms with van der Waals surface area (Å²) in [5, 5.41) is 1.09. The van der Waals surface area contributed by atoms with Crippen LogP contribution in [0, 0.1) is 6.92 Å². The van der Waals surface area contributed by atoms with E-state index in [-0.39, 0.29) is 12.0 Å². The first-order valence-electron chi connectivity index (χ1n) is 6.33. The molecule has 0 aliphatic rings. The number of benzene rings is 1. The van der Waals surface area contributed by atoms with Crippen molar-refractivity contribution in [3.05, 3.63) is 35.5 Å². The number of aromatic nitrogens is 1. The molecule has 2 aromatic rings. The van der Waals surface area contributed by atoms with E-state index in [0.29, 0.717) is 12.3 Å². The first kappa shape index (κ1) is 12.7. The van der Waals surface area contributed by atoms with Crippen LogP contribution in [-0.2, 0) is 4.74 Å². The second kappa shape index (κ2) is 4.84. The monoisotopic (exact) mass is 245 g/mol. The van der Waals surface area contributed by atoms with Crippen LogP contribution in [0.4, 0.5) is 0 Å². The third-order valence-electron chi connectivity index (χ3n) is 3.00. The molecule has 0 aliphatic heterocycles. The third-order valence-corrected chi connectivity index (χ3v) is 3.00. The lowest BCUT2D eigenvalue weighted by Gasteiger charge is -2.13. The molecular formula is C15H19NO2. The standard InChI is InChI=1S/C15H19NO2/c1-5-18-15(17)14-9-12-8-11(4)6-7-13(12)16(14)10(2)3/h6-10H,5H2,1-4H3. The Bertz CT molecular complexity index is 581. The summed E-state index contributed by atoms with van der Waals surface area (Å²) < 4.78 is 7.15. The van der Waals surface area contributed by atoms with E-state index in [4.69, 9.17) is 4.74 Å². The first-order chi connectivity index (χ1) is 8.54. The van der Waals surface area contributed by atoms with Gasteiger partial charge in [0.05, 0.1) is 6.61 Å². The zero-order valence-electron chi connectivity index (χ0n) is 11.4. The van der Waals surface area contributed by atoms with Crippen molar-refractivity contribution in [1.82, 2.24) is 4.57 Å². The molecule has 0 amide bonds. The second-order valence-corrected chi connectivity index (χ2v) is 4.78. The highest BCUT2D eigenvalue weighted by atomic mass is 16.5. The van der Waals surface area contributed by atoms with Crippen LogP contribution >= 0.6 is 0 Å². The maximum atomic E-state index is 12.0. The fourth-order valence-electron chi connectivity index (χ4n) is 2.27. The van der Waals surface area contributed by atoms with Gasteiger partial charge in [0.15, 0.2) is 0 Å². The van der Waals surface area contributed by atoms with Gasteiger partial charge in [-0.2, -0.15) is 0 Å². The van der Waals surface area contributed by atoms with Crippen LogP contribution in [0.1, 0.15) is 42.9 Å². The molecule has 0 bridgehead atoms. The summed E-state index contributed by atoms with van der Waals surface area (Å²) >= 11 is 0. The summed E-state index contributed by atoms with van der Waals surface area (Å²) in [6, 6.07) is 8.37. The topological polar surface area (TPSA) is 31.2 Å². The van der Waals surface area contributed by atoms with Crippen molar-refractivity contribution in [2.75, 3.05) is 6.61 Å². The van der Waals surface area contributed by atoms with Crippen LogP contribution in [0.5, 0.6) is 0 Å². The van der Waals surface area contributed by atoms with E-state index in [2.05, 4.69) is 39.0 Å². The summed E-state index contributed by atoms with van der Waals surface area (Å²) in [7, 11) is 0. The number of hydrogen-bond donors (Lipinski definition) is 0. The predicted octanol–water partition coefficient (Wildman–Crippen LogP) is 3.71. The lowest BCUT2D eigenvalue weighted by molar-refractivity contribution is 0.0513. The Morgan fingerprint density at radius 2 is 2.06 bits per heavy atom. The minimum absolute atomic E-state index is 0.226. The average Bonchev–Trinajstić information content (AvgIpc) is 2.67. The van der Waals surface area contributed by atoms with Crippen molar-refractivity contribution in [2.24, 2.45) is 0 Å². The van der Waals surface area contributed by atoms with E-state index >= 15 is 0 Å². The van der Waals surface area contributed by atoms with Gasteiger partial charge >= 0.3 is 5.97 Å². The van der Waals surface area contributed by atoms with Gasteiger partial charge in [0.2, 0.25) is 0 Å². The predicted molar refractivity (Wildman–Crippen MR) is 73.0 cm³/mol. The van der Waals surface area contributed by atoms with Gasteiger partial charge in [-0.1, -0.05) is 11.6 Å². The van der Waals surface area contributed by atoms with E-state index in [1.807, 2.05) is 17.6 Å². The molecule has 0 atom stereocenters. The highest BCUT2D eigenvalue weighted by Crippen LogP contribution is 2.25. The normalized spacial score (nSPS) is 11.2. The van der Waals surface area contributed by atoms with Crippen molar-refractivity contribution in [3.63, 3.8) is 0 Å². The number of rotatable bonds is 3. The molecule has 0 unspecified atom stereocenters. The number of nitrogens with zero attached hydrogens (tertiary/aromatic N) is 1. The van der Waals surface area contributed by atoms with E-state index in [0.717, 1.165) is 10.9 Å². The molecule has 1 aromatic heterocycles. The van der Waals surface area contributed by atoms with Crippen molar-refractivity contribution in [1.29, 1.82) is 0 Å². The molecule has 1 aromatic carbocycles. The van der Waals surface area contributed by atoms with E-state index in [1.165, 1.54) is 5.56 Å². The van der Waals surface area contributed by atoms with Crippen molar-refractivity contribution >= 4 is 16.9 Å². The first-order valence-corrected chi connectivity index (χ1v) is 6.33. The highest BCUT2D eigenvalue weighted by molar-refractivity contribution is 5.96. The van der Waals surface area contributed by atoms with Crippen LogP contribution in [-0.4, -0.2) is 17.1 Å². The summed E-state index contributed by atoms with van der Waals surface area (Å²) in [6.07, 6.45) is 0. The van der Waals surface area contributed by atoms with Crippen LogP contribution in [0.25, 0.3) is 10.9 Å². The number of aryl methyl sites for hydroxylation is 1. The number of esters is 1. The Morgan fingerprint density at radius 3 is 2.67 bits per heavy atom. The van der Waals surface area contributed by atoms with Crippen LogP contribution in [0.15, 0.2) is 24.3 Å². The molecule has 2 rings (SSSR count). The molecule has 0 saturated carbocycles. The number of carbonyl (C=O) groups is 1. The van der Waals surface area contributed by atoms with E-state index in [1.54, 1.807) is 0 Å². The maximum Gasteiger partial charge on any atom is 0.354 e. The van der Waals surface area contributed by atoms with Crippen LogP contribution in [0.3, 0.4) is 0 Å². The molecule has 0 aliphatic carbocycles. The zero-order valence-corrected chi connectivity index (χ0v) is 11.4. The maximum absolute atomic E-state index is 12.0. The lowest BCUT2D eigenvalue weighted by atomic mass is 10.2. The van der Waals surface area contributed by atoms with Crippen LogP contribution < -0.4 is 0 Å². The Kier molecular flexibility index (Phi) is 3.41. The average molecular weight is 245 g/mol. The Hall–Kier alpha value is -1.77. The Labute approximate surface area is 107 Å². The highest BCUT2D eigenvalue weighted by Gasteiger charge is 2.18. The molecule has 0 radical (unpaired) electrons. The molecule has 18 heavy (non-hydrogen) atoms. The number of carbonyl (C=O) groups excluding carboxylic acids is 1. The summed E-state index contributed by atoms with van der Waals surface area (Å²) in [6.45, 7) is 8.42. The number of fused-ring (bicyclic) bond motifs is 1. The van der Waals surface area contributed by atoms with Gasteiger partial charge in [-0.05, 0) is 45.9 Å². The molecular weight excluding hydrogens is 226 g/mol. The summed E-state index contributed by atoms with van der Waals surface area (Å²) in [5.41, 5.74) is 2.91. The fourth-order valence-corrected chi connectivity index (χ4v) is 2.27. The second-order valence-electron chi connectivity index (χ2n) is 4.78.